The molecule has 4 heteroatoms. The number of benzene rings is 1. The molecule has 0 N–H and O–H groups in total. The van der Waals surface area contributed by atoms with Gasteiger partial charge in [-0.3, -0.25) is 4.79 Å². The van der Waals surface area contributed by atoms with E-state index in [-0.39, 0.29) is 12.2 Å². The minimum Gasteiger partial charge on any atom is -0.469 e. The SMILES string of the molecule is COC(=O)Cc1cc(C)c(CBr)cc1F. The number of ether oxygens (including phenoxy) is 1. The van der Waals surface area contributed by atoms with Gasteiger partial charge >= 0.3 is 5.97 Å². The maximum absolute atomic E-state index is 13.5. The second-order valence-corrected chi connectivity index (χ2v) is 3.82. The molecule has 82 valence electrons. The van der Waals surface area contributed by atoms with Gasteiger partial charge in [0.2, 0.25) is 0 Å². The number of aryl methyl sites for hydroxylation is 1. The molecule has 1 aromatic carbocycles. The number of carbonyl (C=O) groups is 1. The number of hydrogen-bond donors (Lipinski definition) is 0. The quantitative estimate of drug-likeness (QED) is 0.626. The van der Waals surface area contributed by atoms with Crippen LogP contribution in [0.5, 0.6) is 0 Å². The van der Waals surface area contributed by atoms with E-state index in [1.54, 1.807) is 6.07 Å². The number of esters is 1. The molecule has 0 aliphatic rings. The van der Waals surface area contributed by atoms with Gasteiger partial charge in [0.1, 0.15) is 5.82 Å². The Morgan fingerprint density at radius 2 is 2.13 bits per heavy atom. The zero-order valence-corrected chi connectivity index (χ0v) is 10.2. The molecular weight excluding hydrogens is 263 g/mol. The van der Waals surface area contributed by atoms with Crippen molar-refractivity contribution in [2.45, 2.75) is 18.7 Å². The van der Waals surface area contributed by atoms with Gasteiger partial charge in [0.25, 0.3) is 0 Å². The van der Waals surface area contributed by atoms with Gasteiger partial charge in [-0.2, -0.15) is 0 Å². The lowest BCUT2D eigenvalue weighted by atomic mass is 10.0. The van der Waals surface area contributed by atoms with E-state index in [0.29, 0.717) is 10.9 Å². The van der Waals surface area contributed by atoms with Crippen molar-refractivity contribution >= 4 is 21.9 Å². The van der Waals surface area contributed by atoms with E-state index in [4.69, 9.17) is 0 Å². The van der Waals surface area contributed by atoms with Gasteiger partial charge in [0, 0.05) is 5.33 Å². The number of hydrogen-bond acceptors (Lipinski definition) is 2. The number of alkyl halides is 1. The van der Waals surface area contributed by atoms with Crippen molar-refractivity contribution in [3.05, 3.63) is 34.6 Å². The highest BCUT2D eigenvalue weighted by atomic mass is 79.9. The molecule has 0 amide bonds. The van der Waals surface area contributed by atoms with Gasteiger partial charge in [0.05, 0.1) is 13.5 Å². The first-order valence-corrected chi connectivity index (χ1v) is 5.61. The molecule has 0 saturated carbocycles. The normalized spacial score (nSPS) is 10.1. The minimum atomic E-state index is -0.431. The average Bonchev–Trinajstić information content (AvgIpc) is 2.22. The standard InChI is InChI=1S/C11H12BrFO2/c1-7-3-8(5-11(14)15-2)10(13)4-9(7)6-12/h3-4H,5-6H2,1-2H3. The summed E-state index contributed by atoms with van der Waals surface area (Å²) in [7, 11) is 1.29. The Balaban J connectivity index is 3.00. The first-order chi connectivity index (χ1) is 7.08. The second kappa shape index (κ2) is 5.26. The van der Waals surface area contributed by atoms with E-state index in [0.717, 1.165) is 11.1 Å². The Kier molecular flexibility index (Phi) is 4.27. The van der Waals surface area contributed by atoms with Crippen molar-refractivity contribution in [2.24, 2.45) is 0 Å². The molecule has 0 bridgehead atoms. The first kappa shape index (κ1) is 12.2. The molecule has 0 fully saturated rings. The van der Waals surface area contributed by atoms with Crippen LogP contribution in [-0.2, 0) is 21.3 Å². The highest BCUT2D eigenvalue weighted by Crippen LogP contribution is 2.18. The van der Waals surface area contributed by atoms with Gasteiger partial charge in [-0.05, 0) is 29.7 Å². The average molecular weight is 275 g/mol. The molecule has 1 aromatic rings. The lowest BCUT2D eigenvalue weighted by Crippen LogP contribution is -2.07. The molecule has 0 saturated heterocycles. The molecule has 1 rings (SSSR count). The summed E-state index contributed by atoms with van der Waals surface area (Å²) in [6, 6.07) is 3.13. The minimum absolute atomic E-state index is 0.0221. The summed E-state index contributed by atoms with van der Waals surface area (Å²) in [6.45, 7) is 1.89. The van der Waals surface area contributed by atoms with Gasteiger partial charge in [-0.15, -0.1) is 0 Å². The summed E-state index contributed by atoms with van der Waals surface area (Å²) in [5.41, 5.74) is 2.23. The topological polar surface area (TPSA) is 26.3 Å². The van der Waals surface area contributed by atoms with Crippen molar-refractivity contribution < 1.29 is 13.9 Å². The predicted molar refractivity (Wildman–Crippen MR) is 59.5 cm³/mol. The van der Waals surface area contributed by atoms with E-state index < -0.39 is 5.97 Å². The van der Waals surface area contributed by atoms with E-state index in [9.17, 15) is 9.18 Å². The zero-order chi connectivity index (χ0) is 11.4. The van der Waals surface area contributed by atoms with Crippen LogP contribution in [0.15, 0.2) is 12.1 Å². The first-order valence-electron chi connectivity index (χ1n) is 4.49. The van der Waals surface area contributed by atoms with Crippen LogP contribution in [-0.4, -0.2) is 13.1 Å². The van der Waals surface area contributed by atoms with E-state index in [1.807, 2.05) is 6.92 Å². The highest BCUT2D eigenvalue weighted by Gasteiger charge is 2.10. The third kappa shape index (κ3) is 3.02. The Bertz CT molecular complexity index is 377. The zero-order valence-electron chi connectivity index (χ0n) is 8.64. The van der Waals surface area contributed by atoms with Crippen LogP contribution in [0.3, 0.4) is 0 Å². The van der Waals surface area contributed by atoms with Crippen LogP contribution in [0.1, 0.15) is 16.7 Å². The van der Waals surface area contributed by atoms with Crippen LogP contribution >= 0.6 is 15.9 Å². The highest BCUT2D eigenvalue weighted by molar-refractivity contribution is 9.08. The third-order valence-electron chi connectivity index (χ3n) is 2.21. The van der Waals surface area contributed by atoms with E-state index >= 15 is 0 Å². The molecule has 2 nitrogen and oxygen atoms in total. The van der Waals surface area contributed by atoms with Crippen molar-refractivity contribution in [1.82, 2.24) is 0 Å². The molecular formula is C11H12BrFO2. The number of halogens is 2. The number of methoxy groups -OCH3 is 1. The molecule has 0 unspecified atom stereocenters. The van der Waals surface area contributed by atoms with Crippen LogP contribution in [0.4, 0.5) is 4.39 Å². The molecule has 15 heavy (non-hydrogen) atoms. The van der Waals surface area contributed by atoms with Gasteiger partial charge in [0.15, 0.2) is 0 Å². The van der Waals surface area contributed by atoms with Crippen LogP contribution < -0.4 is 0 Å². The molecule has 0 aliphatic carbocycles. The number of rotatable bonds is 3. The molecule has 0 spiro atoms. The van der Waals surface area contributed by atoms with Crippen molar-refractivity contribution in [2.75, 3.05) is 7.11 Å². The summed E-state index contributed by atoms with van der Waals surface area (Å²) in [5, 5.41) is 0.605. The molecule has 0 aliphatic heterocycles. The smallest absolute Gasteiger partial charge is 0.310 e. The predicted octanol–water partition coefficient (Wildman–Crippen LogP) is 2.74. The van der Waals surface area contributed by atoms with Crippen LogP contribution in [0.2, 0.25) is 0 Å². The Morgan fingerprint density at radius 1 is 1.47 bits per heavy atom. The molecule has 0 heterocycles. The fourth-order valence-corrected chi connectivity index (χ4v) is 1.89. The summed E-state index contributed by atoms with van der Waals surface area (Å²) in [5.74, 6) is -0.791. The van der Waals surface area contributed by atoms with Crippen LogP contribution in [0, 0.1) is 12.7 Å². The second-order valence-electron chi connectivity index (χ2n) is 3.26. The Labute approximate surface area is 96.6 Å². The summed E-state index contributed by atoms with van der Waals surface area (Å²) >= 11 is 3.27. The Morgan fingerprint density at radius 3 is 2.67 bits per heavy atom. The van der Waals surface area contributed by atoms with E-state index in [1.165, 1.54) is 13.2 Å². The van der Waals surface area contributed by atoms with Gasteiger partial charge in [-0.1, -0.05) is 22.0 Å². The third-order valence-corrected chi connectivity index (χ3v) is 2.82. The summed E-state index contributed by atoms with van der Waals surface area (Å²) in [6.07, 6.45) is -0.0221. The maximum atomic E-state index is 13.5. The van der Waals surface area contributed by atoms with Crippen molar-refractivity contribution in [1.29, 1.82) is 0 Å². The molecule has 0 atom stereocenters. The van der Waals surface area contributed by atoms with E-state index in [2.05, 4.69) is 20.7 Å². The van der Waals surface area contributed by atoms with Crippen molar-refractivity contribution in [3.63, 3.8) is 0 Å². The van der Waals surface area contributed by atoms with Gasteiger partial charge < -0.3 is 4.74 Å². The largest absolute Gasteiger partial charge is 0.469 e. The summed E-state index contributed by atoms with van der Waals surface area (Å²) in [4.78, 5) is 11.0. The Hall–Kier alpha value is -0.900. The summed E-state index contributed by atoms with van der Waals surface area (Å²) < 4.78 is 18.0. The van der Waals surface area contributed by atoms with Gasteiger partial charge in [-0.25, -0.2) is 4.39 Å². The molecule has 0 aromatic heterocycles. The maximum Gasteiger partial charge on any atom is 0.310 e. The lowest BCUT2D eigenvalue weighted by molar-refractivity contribution is -0.139. The van der Waals surface area contributed by atoms with Crippen LogP contribution in [0.25, 0.3) is 0 Å². The fraction of sp³-hybridized carbons (Fsp3) is 0.364. The van der Waals surface area contributed by atoms with Crippen molar-refractivity contribution in [3.8, 4) is 0 Å². The number of carbonyl (C=O) groups excluding carboxylic acids is 1. The lowest BCUT2D eigenvalue weighted by Gasteiger charge is -2.07. The monoisotopic (exact) mass is 274 g/mol. The fourth-order valence-electron chi connectivity index (χ4n) is 1.29. The molecule has 0 radical (unpaired) electrons.